The second-order valence-corrected chi connectivity index (χ2v) is 7.82. The van der Waals surface area contributed by atoms with E-state index in [1.807, 2.05) is 6.92 Å². The molecule has 0 saturated heterocycles. The molecule has 2 amide bonds. The summed E-state index contributed by atoms with van der Waals surface area (Å²) in [6.07, 6.45) is 1.73. The molecule has 0 atom stereocenters. The molecule has 2 aromatic rings. The Kier molecular flexibility index (Phi) is 8.26. The van der Waals surface area contributed by atoms with Crippen LogP contribution in [0, 0.1) is 24.0 Å². The number of hydrogen-bond acceptors (Lipinski definition) is 7. The summed E-state index contributed by atoms with van der Waals surface area (Å²) in [7, 11) is 0. The third-order valence-electron chi connectivity index (χ3n) is 4.54. The zero-order valence-corrected chi connectivity index (χ0v) is 18.7. The van der Waals surface area contributed by atoms with Crippen LogP contribution in [0.2, 0.25) is 0 Å². The van der Waals surface area contributed by atoms with E-state index in [-0.39, 0.29) is 34.3 Å². The van der Waals surface area contributed by atoms with Gasteiger partial charge in [0.25, 0.3) is 17.5 Å². The first kappa shape index (κ1) is 24.0. The lowest BCUT2D eigenvalue weighted by Crippen LogP contribution is -2.24. The lowest BCUT2D eigenvalue weighted by atomic mass is 10.1. The summed E-state index contributed by atoms with van der Waals surface area (Å²) in [6.45, 7) is 7.47. The number of carbonyl (C=O) groups is 3. The molecule has 2 rings (SSSR count). The van der Waals surface area contributed by atoms with Crippen LogP contribution >= 0.6 is 11.3 Å². The van der Waals surface area contributed by atoms with E-state index in [0.717, 1.165) is 24.2 Å². The summed E-state index contributed by atoms with van der Waals surface area (Å²) in [5.41, 5.74) is 0.806. The highest BCUT2D eigenvalue weighted by Gasteiger charge is 2.27. The quantitative estimate of drug-likeness (QED) is 0.256. The van der Waals surface area contributed by atoms with Crippen LogP contribution in [0.15, 0.2) is 18.2 Å². The molecule has 0 fully saturated rings. The van der Waals surface area contributed by atoms with Crippen molar-refractivity contribution in [1.82, 2.24) is 5.32 Å². The van der Waals surface area contributed by atoms with Crippen molar-refractivity contribution in [3.63, 3.8) is 0 Å². The number of hydrogen-bond donors (Lipinski definition) is 2. The SMILES string of the molecule is CCCCNC(=O)c1sc(NC(=O)c2ccc(C)c([N+](=O)[O-])c2)c(C(=O)OCC)c1C. The van der Waals surface area contributed by atoms with Crippen molar-refractivity contribution in [3.8, 4) is 0 Å². The van der Waals surface area contributed by atoms with Gasteiger partial charge in [0.05, 0.1) is 22.0 Å². The summed E-state index contributed by atoms with van der Waals surface area (Å²) in [5, 5.41) is 16.7. The number of carbonyl (C=O) groups excluding carboxylic acids is 3. The van der Waals surface area contributed by atoms with Crippen LogP contribution in [-0.4, -0.2) is 35.9 Å². The maximum Gasteiger partial charge on any atom is 0.341 e. The second-order valence-electron chi connectivity index (χ2n) is 6.80. The number of nitro benzene ring substituents is 1. The topological polar surface area (TPSA) is 128 Å². The number of rotatable bonds is 9. The van der Waals surface area contributed by atoms with E-state index in [1.54, 1.807) is 20.8 Å². The van der Waals surface area contributed by atoms with Crippen molar-refractivity contribution in [1.29, 1.82) is 0 Å². The number of unbranched alkanes of at least 4 members (excludes halogenated alkanes) is 1. The number of nitro groups is 1. The number of amides is 2. The van der Waals surface area contributed by atoms with E-state index in [2.05, 4.69) is 10.6 Å². The molecule has 9 nitrogen and oxygen atoms in total. The van der Waals surface area contributed by atoms with Crippen molar-refractivity contribution >= 4 is 39.8 Å². The van der Waals surface area contributed by atoms with Crippen LogP contribution in [0.5, 0.6) is 0 Å². The van der Waals surface area contributed by atoms with Crippen molar-refractivity contribution in [3.05, 3.63) is 55.4 Å². The predicted octanol–water partition coefficient (Wildman–Crippen LogP) is 4.23. The minimum absolute atomic E-state index is 0.0621. The van der Waals surface area contributed by atoms with Crippen LogP contribution in [0.3, 0.4) is 0 Å². The molecule has 1 heterocycles. The molecule has 166 valence electrons. The van der Waals surface area contributed by atoms with E-state index >= 15 is 0 Å². The lowest BCUT2D eigenvalue weighted by Gasteiger charge is -2.07. The Labute approximate surface area is 183 Å². The normalized spacial score (nSPS) is 10.5. The molecule has 2 N–H and O–H groups in total. The van der Waals surface area contributed by atoms with E-state index in [1.165, 1.54) is 18.2 Å². The molecule has 1 aromatic carbocycles. The Morgan fingerprint density at radius 2 is 1.87 bits per heavy atom. The van der Waals surface area contributed by atoms with Crippen molar-refractivity contribution < 1.29 is 24.0 Å². The molecule has 10 heteroatoms. The molecule has 0 aliphatic carbocycles. The first-order valence-corrected chi connectivity index (χ1v) is 10.7. The van der Waals surface area contributed by atoms with Gasteiger partial charge in [-0.1, -0.05) is 19.4 Å². The molecule has 31 heavy (non-hydrogen) atoms. The minimum Gasteiger partial charge on any atom is -0.462 e. The zero-order chi connectivity index (χ0) is 23.1. The Morgan fingerprint density at radius 3 is 2.48 bits per heavy atom. The van der Waals surface area contributed by atoms with Crippen LogP contribution in [0.1, 0.15) is 68.2 Å². The van der Waals surface area contributed by atoms with Gasteiger partial charge in [-0.25, -0.2) is 4.79 Å². The second kappa shape index (κ2) is 10.7. The minimum atomic E-state index is -0.658. The molecule has 0 radical (unpaired) electrons. The summed E-state index contributed by atoms with van der Waals surface area (Å²) < 4.78 is 5.09. The molecule has 1 aromatic heterocycles. The van der Waals surface area contributed by atoms with E-state index in [0.29, 0.717) is 22.5 Å². The van der Waals surface area contributed by atoms with E-state index in [4.69, 9.17) is 4.74 Å². The number of nitrogens with zero attached hydrogens (tertiary/aromatic N) is 1. The predicted molar refractivity (Wildman–Crippen MR) is 118 cm³/mol. The van der Waals surface area contributed by atoms with Gasteiger partial charge in [-0.3, -0.25) is 19.7 Å². The number of nitrogens with one attached hydrogen (secondary N) is 2. The molecular formula is C21H25N3O6S. The van der Waals surface area contributed by atoms with Gasteiger partial charge < -0.3 is 15.4 Å². The fourth-order valence-electron chi connectivity index (χ4n) is 2.85. The molecule has 0 bridgehead atoms. The van der Waals surface area contributed by atoms with Crippen molar-refractivity contribution in [2.75, 3.05) is 18.5 Å². The number of aryl methyl sites for hydroxylation is 1. The summed E-state index contributed by atoms with van der Waals surface area (Å²) in [4.78, 5) is 48.7. The van der Waals surface area contributed by atoms with Crippen molar-refractivity contribution in [2.24, 2.45) is 0 Å². The Hall–Kier alpha value is -3.27. The number of benzene rings is 1. The fraction of sp³-hybridized carbons (Fsp3) is 0.381. The molecule has 0 aliphatic heterocycles. The Bertz CT molecular complexity index is 1010. The van der Waals surface area contributed by atoms with Gasteiger partial charge in [0.2, 0.25) is 0 Å². The van der Waals surface area contributed by atoms with Gasteiger partial charge in [-0.15, -0.1) is 11.3 Å². The number of anilines is 1. The molecule has 0 unspecified atom stereocenters. The van der Waals surface area contributed by atoms with Gasteiger partial charge >= 0.3 is 5.97 Å². The van der Waals surface area contributed by atoms with Crippen LogP contribution in [0.4, 0.5) is 10.7 Å². The summed E-state index contributed by atoms with van der Waals surface area (Å²) >= 11 is 0.964. The fourth-order valence-corrected chi connectivity index (χ4v) is 3.96. The van der Waals surface area contributed by atoms with Crippen molar-refractivity contribution in [2.45, 2.75) is 40.5 Å². The van der Waals surface area contributed by atoms with E-state index in [9.17, 15) is 24.5 Å². The van der Waals surface area contributed by atoms with Gasteiger partial charge in [-0.2, -0.15) is 0 Å². The van der Waals surface area contributed by atoms with Gasteiger partial charge in [0, 0.05) is 23.7 Å². The standard InChI is InChI=1S/C21H25N3O6S/c1-5-7-10-22-19(26)17-13(4)16(21(27)30-6-2)20(31-17)23-18(25)14-9-8-12(3)15(11-14)24(28)29/h8-9,11H,5-7,10H2,1-4H3,(H,22,26)(H,23,25). The molecule has 0 spiro atoms. The average Bonchev–Trinajstić information content (AvgIpc) is 3.04. The lowest BCUT2D eigenvalue weighted by molar-refractivity contribution is -0.385. The number of thiophene rings is 1. The van der Waals surface area contributed by atoms with Crippen LogP contribution in [-0.2, 0) is 4.74 Å². The smallest absolute Gasteiger partial charge is 0.341 e. The highest BCUT2D eigenvalue weighted by molar-refractivity contribution is 7.18. The first-order valence-electron chi connectivity index (χ1n) is 9.86. The molecule has 0 aliphatic rings. The highest BCUT2D eigenvalue weighted by atomic mass is 32.1. The average molecular weight is 448 g/mol. The largest absolute Gasteiger partial charge is 0.462 e. The van der Waals surface area contributed by atoms with Gasteiger partial charge in [-0.05, 0) is 38.8 Å². The van der Waals surface area contributed by atoms with Crippen LogP contribution < -0.4 is 10.6 Å². The maximum absolute atomic E-state index is 12.8. The Morgan fingerprint density at radius 1 is 1.16 bits per heavy atom. The third kappa shape index (κ3) is 5.66. The molecular weight excluding hydrogens is 422 g/mol. The molecule has 0 saturated carbocycles. The monoisotopic (exact) mass is 447 g/mol. The maximum atomic E-state index is 12.8. The highest BCUT2D eigenvalue weighted by Crippen LogP contribution is 2.34. The number of esters is 1. The first-order chi connectivity index (χ1) is 14.7. The van der Waals surface area contributed by atoms with Gasteiger partial charge in [0.1, 0.15) is 5.00 Å². The summed E-state index contributed by atoms with van der Waals surface area (Å²) in [5.74, 6) is -1.63. The van der Waals surface area contributed by atoms with Crippen LogP contribution in [0.25, 0.3) is 0 Å². The number of ether oxygens (including phenoxy) is 1. The summed E-state index contributed by atoms with van der Waals surface area (Å²) in [6, 6.07) is 4.11. The zero-order valence-electron chi connectivity index (χ0n) is 17.9. The van der Waals surface area contributed by atoms with E-state index < -0.39 is 16.8 Å². The Balaban J connectivity index is 2.40. The third-order valence-corrected chi connectivity index (χ3v) is 5.75. The van der Waals surface area contributed by atoms with Gasteiger partial charge in [0.15, 0.2) is 0 Å².